The lowest BCUT2D eigenvalue weighted by atomic mass is 10.2. The molecule has 0 aliphatic carbocycles. The second kappa shape index (κ2) is 10.4. The minimum atomic E-state index is -0.180. The van der Waals surface area contributed by atoms with E-state index in [1.54, 1.807) is 9.47 Å². The molecule has 0 N–H and O–H groups in total. The number of nitrogens with zero attached hydrogens (tertiary/aromatic N) is 10. The summed E-state index contributed by atoms with van der Waals surface area (Å²) in [6.07, 6.45) is 0.464. The highest BCUT2D eigenvalue weighted by Gasteiger charge is 2.30. The topological polar surface area (TPSA) is 118 Å². The van der Waals surface area contributed by atoms with E-state index in [1.807, 2.05) is 66.7 Å². The summed E-state index contributed by atoms with van der Waals surface area (Å²) in [4.78, 5) is 53.1. The molecule has 2 aliphatic heterocycles. The van der Waals surface area contributed by atoms with E-state index >= 15 is 0 Å². The fourth-order valence-electron chi connectivity index (χ4n) is 5.36. The average Bonchev–Trinajstić information content (AvgIpc) is 3.55. The van der Waals surface area contributed by atoms with Crippen LogP contribution in [0.15, 0.2) is 24.3 Å². The molecule has 0 saturated carbocycles. The third kappa shape index (κ3) is 4.39. The average molecular weight is 547 g/mol. The molecule has 6 rings (SSSR count). The maximum Gasteiger partial charge on any atom is 0.290 e. The lowest BCUT2D eigenvalue weighted by Gasteiger charge is -2.34. The van der Waals surface area contributed by atoms with Crippen molar-refractivity contribution in [3.63, 3.8) is 0 Å². The van der Waals surface area contributed by atoms with Crippen molar-refractivity contribution in [1.82, 2.24) is 38.9 Å². The number of aromatic nitrogens is 6. The number of morpholine rings is 1. The number of carbonyl (C=O) groups excluding carboxylic acids is 2. The molecule has 3 aromatic heterocycles. The summed E-state index contributed by atoms with van der Waals surface area (Å²) in [6, 6.07) is 7.89. The first kappa shape index (κ1) is 26.0. The van der Waals surface area contributed by atoms with Gasteiger partial charge in [-0.15, -0.1) is 0 Å². The molecule has 0 unspecified atom stereocenters. The fraction of sp³-hybridized carbons (Fsp3) is 0.481. The third-order valence-corrected chi connectivity index (χ3v) is 7.56. The van der Waals surface area contributed by atoms with Gasteiger partial charge in [-0.25, -0.2) is 14.5 Å². The van der Waals surface area contributed by atoms with Gasteiger partial charge in [-0.1, -0.05) is 19.1 Å². The second-order valence-electron chi connectivity index (χ2n) is 10.3. The van der Waals surface area contributed by atoms with Crippen LogP contribution in [0.3, 0.4) is 0 Å². The molecule has 0 bridgehead atoms. The molecule has 13 heteroatoms. The van der Waals surface area contributed by atoms with Crippen molar-refractivity contribution in [2.24, 2.45) is 7.05 Å². The predicted molar refractivity (Wildman–Crippen MR) is 151 cm³/mol. The molecule has 4 aromatic rings. The number of para-hydroxylation sites is 2. The quantitative estimate of drug-likeness (QED) is 0.365. The van der Waals surface area contributed by atoms with Gasteiger partial charge in [0.25, 0.3) is 5.91 Å². The van der Waals surface area contributed by atoms with Crippen molar-refractivity contribution < 1.29 is 14.3 Å². The molecule has 2 fully saturated rings. The van der Waals surface area contributed by atoms with Crippen molar-refractivity contribution in [3.05, 3.63) is 30.1 Å². The van der Waals surface area contributed by atoms with E-state index < -0.39 is 0 Å². The van der Waals surface area contributed by atoms with Crippen LogP contribution in [-0.2, 0) is 16.6 Å². The van der Waals surface area contributed by atoms with Crippen LogP contribution in [0.5, 0.6) is 0 Å². The molecule has 13 nitrogen and oxygen atoms in total. The van der Waals surface area contributed by atoms with Crippen molar-refractivity contribution in [2.75, 3.05) is 76.4 Å². The van der Waals surface area contributed by atoms with E-state index in [4.69, 9.17) is 24.7 Å². The van der Waals surface area contributed by atoms with Crippen molar-refractivity contribution in [3.8, 4) is 5.95 Å². The molecule has 2 amide bonds. The zero-order valence-electron chi connectivity index (χ0n) is 23.4. The van der Waals surface area contributed by atoms with E-state index in [-0.39, 0.29) is 11.8 Å². The van der Waals surface area contributed by atoms with Gasteiger partial charge in [0, 0.05) is 66.8 Å². The number of hydrogen-bond donors (Lipinski definition) is 0. The number of rotatable bonds is 5. The number of aryl methyl sites for hydroxylation is 1. The van der Waals surface area contributed by atoms with Crippen LogP contribution >= 0.6 is 0 Å². The Labute approximate surface area is 232 Å². The number of piperazine rings is 1. The first-order valence-electron chi connectivity index (χ1n) is 13.7. The lowest BCUT2D eigenvalue weighted by Crippen LogP contribution is -2.50. The van der Waals surface area contributed by atoms with Crippen LogP contribution in [0, 0.1) is 0 Å². The predicted octanol–water partition coefficient (Wildman–Crippen LogP) is 1.30. The Morgan fingerprint density at radius 3 is 2.33 bits per heavy atom. The molecular formula is C27H34N10O3. The standard InChI is InChI=1S/C27H34N10O3/c1-5-20(38)34-10-12-36(13-11-34)25(39)24-29-21-22(33(24)4)30-26(31-23(21)35-14-16-40-17-15-35)37-19-9-7-6-8-18(19)28-27(37)32(2)3/h6-9H,5,10-17H2,1-4H3. The minimum Gasteiger partial charge on any atom is -0.378 e. The Balaban J connectivity index is 1.46. The number of hydrogen-bond acceptors (Lipinski definition) is 9. The maximum absolute atomic E-state index is 13.7. The molecular weight excluding hydrogens is 512 g/mol. The lowest BCUT2D eigenvalue weighted by molar-refractivity contribution is -0.132. The van der Waals surface area contributed by atoms with Crippen LogP contribution in [0.2, 0.25) is 0 Å². The molecule has 2 aliphatic rings. The Kier molecular flexibility index (Phi) is 6.74. The van der Waals surface area contributed by atoms with Crippen LogP contribution in [-0.4, -0.2) is 117 Å². The van der Waals surface area contributed by atoms with Gasteiger partial charge < -0.3 is 28.9 Å². The number of imidazole rings is 2. The molecule has 5 heterocycles. The number of fused-ring (bicyclic) bond motifs is 2. The largest absolute Gasteiger partial charge is 0.378 e. The fourth-order valence-corrected chi connectivity index (χ4v) is 5.36. The summed E-state index contributed by atoms with van der Waals surface area (Å²) in [5.41, 5.74) is 2.87. The Morgan fingerprint density at radius 2 is 1.62 bits per heavy atom. The van der Waals surface area contributed by atoms with Crippen molar-refractivity contribution in [2.45, 2.75) is 13.3 Å². The minimum absolute atomic E-state index is 0.108. The van der Waals surface area contributed by atoms with Crippen LogP contribution in [0.4, 0.5) is 11.8 Å². The summed E-state index contributed by atoms with van der Waals surface area (Å²) in [7, 11) is 5.69. The Hall–Kier alpha value is -4.26. The number of amides is 2. The third-order valence-electron chi connectivity index (χ3n) is 7.56. The monoisotopic (exact) mass is 546 g/mol. The summed E-state index contributed by atoms with van der Waals surface area (Å²) < 4.78 is 9.30. The van der Waals surface area contributed by atoms with Crippen molar-refractivity contribution in [1.29, 1.82) is 0 Å². The summed E-state index contributed by atoms with van der Waals surface area (Å²) >= 11 is 0. The summed E-state index contributed by atoms with van der Waals surface area (Å²) in [5.74, 6) is 2.05. The molecule has 0 spiro atoms. The molecule has 210 valence electrons. The van der Waals surface area contributed by atoms with Gasteiger partial charge in [0.05, 0.1) is 24.2 Å². The van der Waals surface area contributed by atoms with E-state index in [0.29, 0.717) is 93.6 Å². The molecule has 0 radical (unpaired) electrons. The molecule has 1 aromatic carbocycles. The SMILES string of the molecule is CCC(=O)N1CCN(C(=O)c2nc3c(N4CCOCC4)nc(-n4c(N(C)C)nc5ccccc54)nc3n2C)CC1. The van der Waals surface area contributed by atoms with Gasteiger partial charge in [-0.05, 0) is 12.1 Å². The molecule has 2 saturated heterocycles. The zero-order valence-corrected chi connectivity index (χ0v) is 23.4. The van der Waals surface area contributed by atoms with Crippen LogP contribution in [0.25, 0.3) is 28.1 Å². The van der Waals surface area contributed by atoms with Crippen LogP contribution < -0.4 is 9.80 Å². The zero-order chi connectivity index (χ0) is 28.0. The van der Waals surface area contributed by atoms with E-state index in [9.17, 15) is 9.59 Å². The summed E-state index contributed by atoms with van der Waals surface area (Å²) in [5, 5.41) is 0. The smallest absolute Gasteiger partial charge is 0.290 e. The van der Waals surface area contributed by atoms with Crippen molar-refractivity contribution >= 4 is 45.8 Å². The molecule has 40 heavy (non-hydrogen) atoms. The second-order valence-corrected chi connectivity index (χ2v) is 10.3. The van der Waals surface area contributed by atoms with Gasteiger partial charge in [-0.2, -0.15) is 9.97 Å². The highest BCUT2D eigenvalue weighted by atomic mass is 16.5. The first-order valence-corrected chi connectivity index (χ1v) is 13.7. The van der Waals surface area contributed by atoms with Gasteiger partial charge in [0.1, 0.15) is 0 Å². The normalized spacial score (nSPS) is 16.2. The highest BCUT2D eigenvalue weighted by Crippen LogP contribution is 2.30. The molecule has 0 atom stereocenters. The first-order chi connectivity index (χ1) is 19.4. The number of benzene rings is 1. The van der Waals surface area contributed by atoms with E-state index in [1.165, 1.54) is 0 Å². The van der Waals surface area contributed by atoms with E-state index in [0.717, 1.165) is 11.0 Å². The Morgan fingerprint density at radius 1 is 0.925 bits per heavy atom. The summed E-state index contributed by atoms with van der Waals surface area (Å²) in [6.45, 7) is 6.30. The highest BCUT2D eigenvalue weighted by molar-refractivity contribution is 5.97. The van der Waals surface area contributed by atoms with E-state index in [2.05, 4.69) is 4.90 Å². The van der Waals surface area contributed by atoms with Gasteiger partial charge in [0.2, 0.25) is 23.6 Å². The van der Waals surface area contributed by atoms with Gasteiger partial charge >= 0.3 is 0 Å². The number of anilines is 2. The van der Waals surface area contributed by atoms with Gasteiger partial charge in [0.15, 0.2) is 17.0 Å². The maximum atomic E-state index is 13.7. The van der Waals surface area contributed by atoms with Crippen LogP contribution in [0.1, 0.15) is 24.0 Å². The number of carbonyl (C=O) groups is 2. The van der Waals surface area contributed by atoms with Gasteiger partial charge in [-0.3, -0.25) is 9.59 Å². The number of ether oxygens (including phenoxy) is 1. The Bertz CT molecular complexity index is 1580.